The van der Waals surface area contributed by atoms with Crippen LogP contribution in [0.2, 0.25) is 0 Å². The number of aryl methyl sites for hydroxylation is 1. The standard InChI is InChI=1S/C17H17NO2/c1-2-6-14-12(4-1)8-9-15(14)18-10-13-5-3-7-16-17(13)20-11-19-16/h1-7,15,18H,8-11H2. The van der Waals surface area contributed by atoms with E-state index in [1.807, 2.05) is 12.1 Å². The number of fused-ring (bicyclic) bond motifs is 2. The molecule has 0 spiro atoms. The predicted molar refractivity (Wildman–Crippen MR) is 76.9 cm³/mol. The third kappa shape index (κ3) is 1.95. The summed E-state index contributed by atoms with van der Waals surface area (Å²) in [5.41, 5.74) is 4.09. The lowest BCUT2D eigenvalue weighted by atomic mass is 10.1. The molecule has 0 fully saturated rings. The highest BCUT2D eigenvalue weighted by Crippen LogP contribution is 2.36. The van der Waals surface area contributed by atoms with E-state index in [-0.39, 0.29) is 0 Å². The van der Waals surface area contributed by atoms with E-state index < -0.39 is 0 Å². The van der Waals surface area contributed by atoms with Gasteiger partial charge in [-0.3, -0.25) is 0 Å². The van der Waals surface area contributed by atoms with Gasteiger partial charge in [-0.15, -0.1) is 0 Å². The van der Waals surface area contributed by atoms with Crippen molar-refractivity contribution < 1.29 is 9.47 Å². The second-order valence-electron chi connectivity index (χ2n) is 5.32. The smallest absolute Gasteiger partial charge is 0.231 e. The van der Waals surface area contributed by atoms with Crippen molar-refractivity contribution in [3.8, 4) is 11.5 Å². The Morgan fingerprint density at radius 3 is 3.00 bits per heavy atom. The lowest BCUT2D eigenvalue weighted by molar-refractivity contribution is 0.173. The average molecular weight is 267 g/mol. The Morgan fingerprint density at radius 2 is 2.00 bits per heavy atom. The third-order valence-electron chi connectivity index (χ3n) is 4.15. The van der Waals surface area contributed by atoms with E-state index in [1.54, 1.807) is 0 Å². The van der Waals surface area contributed by atoms with Crippen LogP contribution < -0.4 is 14.8 Å². The molecule has 3 nitrogen and oxygen atoms in total. The Bertz CT molecular complexity index is 639. The molecular formula is C17H17NO2. The molecule has 2 aromatic rings. The molecule has 1 heterocycles. The van der Waals surface area contributed by atoms with Gasteiger partial charge in [0.1, 0.15) is 0 Å². The highest BCUT2D eigenvalue weighted by atomic mass is 16.7. The molecule has 1 N–H and O–H groups in total. The third-order valence-corrected chi connectivity index (χ3v) is 4.15. The fraction of sp³-hybridized carbons (Fsp3) is 0.294. The van der Waals surface area contributed by atoms with Gasteiger partial charge in [0.25, 0.3) is 0 Å². The number of benzene rings is 2. The lowest BCUT2D eigenvalue weighted by Gasteiger charge is -2.15. The van der Waals surface area contributed by atoms with Crippen molar-refractivity contribution in [2.24, 2.45) is 0 Å². The average Bonchev–Trinajstić information content (AvgIpc) is 3.12. The van der Waals surface area contributed by atoms with Crippen LogP contribution in [0.15, 0.2) is 42.5 Å². The number of para-hydroxylation sites is 1. The molecule has 1 aliphatic carbocycles. The van der Waals surface area contributed by atoms with Crippen LogP contribution in [0, 0.1) is 0 Å². The molecule has 20 heavy (non-hydrogen) atoms. The highest BCUT2D eigenvalue weighted by Gasteiger charge is 2.22. The highest BCUT2D eigenvalue weighted by molar-refractivity contribution is 5.48. The van der Waals surface area contributed by atoms with Crippen molar-refractivity contribution in [2.45, 2.75) is 25.4 Å². The lowest BCUT2D eigenvalue weighted by Crippen LogP contribution is -2.18. The molecule has 2 aliphatic rings. The summed E-state index contributed by atoms with van der Waals surface area (Å²) in [6, 6.07) is 15.2. The first-order chi connectivity index (χ1) is 9.92. The van der Waals surface area contributed by atoms with Crippen molar-refractivity contribution in [1.29, 1.82) is 0 Å². The minimum Gasteiger partial charge on any atom is -0.454 e. The predicted octanol–water partition coefficient (Wildman–Crippen LogP) is 3.19. The first kappa shape index (κ1) is 11.8. The van der Waals surface area contributed by atoms with E-state index in [4.69, 9.17) is 9.47 Å². The summed E-state index contributed by atoms with van der Waals surface area (Å²) in [5.74, 6) is 1.75. The van der Waals surface area contributed by atoms with Crippen LogP contribution in [0.5, 0.6) is 11.5 Å². The van der Waals surface area contributed by atoms with Gasteiger partial charge >= 0.3 is 0 Å². The molecule has 0 amide bonds. The zero-order valence-electron chi connectivity index (χ0n) is 11.3. The Kier molecular flexibility index (Phi) is 2.85. The maximum atomic E-state index is 5.55. The van der Waals surface area contributed by atoms with E-state index in [0.29, 0.717) is 12.8 Å². The molecule has 1 unspecified atom stereocenters. The van der Waals surface area contributed by atoms with Crippen LogP contribution >= 0.6 is 0 Å². The second-order valence-corrected chi connectivity index (χ2v) is 5.32. The van der Waals surface area contributed by atoms with Gasteiger partial charge in [0, 0.05) is 18.2 Å². The monoisotopic (exact) mass is 267 g/mol. The number of rotatable bonds is 3. The van der Waals surface area contributed by atoms with Crippen LogP contribution in [0.1, 0.15) is 29.2 Å². The van der Waals surface area contributed by atoms with E-state index >= 15 is 0 Å². The minimum atomic E-state index is 0.332. The summed E-state index contributed by atoms with van der Waals surface area (Å²) < 4.78 is 11.0. The first-order valence-electron chi connectivity index (χ1n) is 7.10. The summed E-state index contributed by atoms with van der Waals surface area (Å²) in [6.45, 7) is 1.14. The van der Waals surface area contributed by atoms with Crippen molar-refractivity contribution in [3.63, 3.8) is 0 Å². The molecule has 102 valence electrons. The second kappa shape index (κ2) is 4.84. The van der Waals surface area contributed by atoms with Crippen LogP contribution in [0.3, 0.4) is 0 Å². The summed E-state index contributed by atoms with van der Waals surface area (Å²) in [7, 11) is 0. The van der Waals surface area contributed by atoms with Gasteiger partial charge in [0.05, 0.1) is 0 Å². The molecule has 2 aromatic carbocycles. The summed E-state index contributed by atoms with van der Waals surface area (Å²) in [5, 5.41) is 3.65. The molecule has 0 saturated heterocycles. The van der Waals surface area contributed by atoms with Crippen LogP contribution in [-0.4, -0.2) is 6.79 Å². The van der Waals surface area contributed by atoms with Gasteiger partial charge < -0.3 is 14.8 Å². The topological polar surface area (TPSA) is 30.5 Å². The molecule has 4 rings (SSSR count). The zero-order valence-corrected chi connectivity index (χ0v) is 11.3. The summed E-state index contributed by atoms with van der Waals surface area (Å²) in [4.78, 5) is 0. The number of hydrogen-bond donors (Lipinski definition) is 1. The van der Waals surface area contributed by atoms with Gasteiger partial charge in [0.2, 0.25) is 6.79 Å². The van der Waals surface area contributed by atoms with Crippen LogP contribution in [-0.2, 0) is 13.0 Å². The SMILES string of the molecule is c1ccc2c(c1)CCC2NCc1cccc2c1OCO2. The maximum absolute atomic E-state index is 5.55. The number of ether oxygens (including phenoxy) is 2. The zero-order chi connectivity index (χ0) is 13.4. The molecule has 0 bridgehead atoms. The van der Waals surface area contributed by atoms with Gasteiger partial charge in [-0.05, 0) is 30.0 Å². The van der Waals surface area contributed by atoms with E-state index in [0.717, 1.165) is 18.0 Å². The van der Waals surface area contributed by atoms with Crippen LogP contribution in [0.4, 0.5) is 0 Å². The normalized spacial score (nSPS) is 19.1. The van der Waals surface area contributed by atoms with E-state index in [1.165, 1.54) is 29.5 Å². The summed E-state index contributed by atoms with van der Waals surface area (Å²) in [6.07, 6.45) is 2.34. The van der Waals surface area contributed by atoms with Crippen molar-refractivity contribution >= 4 is 0 Å². The van der Waals surface area contributed by atoms with Crippen molar-refractivity contribution in [2.75, 3.05) is 6.79 Å². The number of nitrogens with one attached hydrogen (secondary N) is 1. The Labute approximate surface area is 118 Å². The Balaban J connectivity index is 1.51. The van der Waals surface area contributed by atoms with Crippen molar-refractivity contribution in [1.82, 2.24) is 5.32 Å². The minimum absolute atomic E-state index is 0.332. The fourth-order valence-electron chi connectivity index (χ4n) is 3.13. The van der Waals surface area contributed by atoms with E-state index in [2.05, 4.69) is 35.6 Å². The molecular weight excluding hydrogens is 250 g/mol. The first-order valence-corrected chi connectivity index (χ1v) is 7.10. The van der Waals surface area contributed by atoms with E-state index in [9.17, 15) is 0 Å². The Morgan fingerprint density at radius 1 is 1.05 bits per heavy atom. The number of hydrogen-bond acceptors (Lipinski definition) is 3. The van der Waals surface area contributed by atoms with Gasteiger partial charge in [0.15, 0.2) is 11.5 Å². The van der Waals surface area contributed by atoms with Crippen LogP contribution in [0.25, 0.3) is 0 Å². The van der Waals surface area contributed by atoms with Gasteiger partial charge in [-0.1, -0.05) is 36.4 Å². The van der Waals surface area contributed by atoms with Gasteiger partial charge in [-0.25, -0.2) is 0 Å². The quantitative estimate of drug-likeness (QED) is 0.926. The fourth-order valence-corrected chi connectivity index (χ4v) is 3.13. The molecule has 3 heteroatoms. The maximum Gasteiger partial charge on any atom is 0.231 e. The summed E-state index contributed by atoms with van der Waals surface area (Å²) >= 11 is 0. The molecule has 0 saturated carbocycles. The van der Waals surface area contributed by atoms with Gasteiger partial charge in [-0.2, -0.15) is 0 Å². The molecule has 1 aliphatic heterocycles. The Hall–Kier alpha value is -2.00. The molecule has 1 atom stereocenters. The largest absolute Gasteiger partial charge is 0.454 e. The molecule has 0 aromatic heterocycles. The van der Waals surface area contributed by atoms with Crippen molar-refractivity contribution in [3.05, 3.63) is 59.2 Å². The molecule has 0 radical (unpaired) electrons.